The third-order valence-electron chi connectivity index (χ3n) is 3.78. The molecule has 19 heavy (non-hydrogen) atoms. The number of hydrogen-bond acceptors (Lipinski definition) is 4. The lowest BCUT2D eigenvalue weighted by molar-refractivity contribution is -0.0502. The summed E-state index contributed by atoms with van der Waals surface area (Å²) in [4.78, 5) is 2.50. The highest BCUT2D eigenvalue weighted by Crippen LogP contribution is 2.23. The van der Waals surface area contributed by atoms with Gasteiger partial charge in [0.15, 0.2) is 0 Å². The molecule has 1 N–H and O–H groups in total. The Bertz CT molecular complexity index is 236. The number of piperidine rings is 1. The van der Waals surface area contributed by atoms with Crippen molar-refractivity contribution >= 4 is 0 Å². The van der Waals surface area contributed by atoms with Crippen molar-refractivity contribution in [2.24, 2.45) is 0 Å². The summed E-state index contributed by atoms with van der Waals surface area (Å²) >= 11 is 0. The molecule has 0 aromatic heterocycles. The first-order valence-corrected chi connectivity index (χ1v) is 7.65. The third-order valence-corrected chi connectivity index (χ3v) is 3.78. The molecule has 0 radical (unpaired) electrons. The molecule has 1 saturated heterocycles. The van der Waals surface area contributed by atoms with E-state index in [1.807, 2.05) is 7.11 Å². The molecule has 1 aliphatic heterocycles. The van der Waals surface area contributed by atoms with Crippen molar-refractivity contribution in [3.05, 3.63) is 0 Å². The van der Waals surface area contributed by atoms with Crippen molar-refractivity contribution < 1.29 is 9.47 Å². The van der Waals surface area contributed by atoms with E-state index in [4.69, 9.17) is 9.47 Å². The second-order valence-electron chi connectivity index (χ2n) is 6.06. The van der Waals surface area contributed by atoms with Gasteiger partial charge in [-0.05, 0) is 53.1 Å². The number of likely N-dealkylation sites (tertiary alicyclic amines) is 1. The van der Waals surface area contributed by atoms with Crippen LogP contribution in [-0.2, 0) is 9.47 Å². The van der Waals surface area contributed by atoms with Gasteiger partial charge in [-0.25, -0.2) is 0 Å². The van der Waals surface area contributed by atoms with Crippen LogP contribution < -0.4 is 5.32 Å². The van der Waals surface area contributed by atoms with Crippen LogP contribution >= 0.6 is 0 Å². The number of methoxy groups -OCH3 is 1. The summed E-state index contributed by atoms with van der Waals surface area (Å²) in [5, 5.41) is 3.49. The van der Waals surface area contributed by atoms with Crippen molar-refractivity contribution in [3.8, 4) is 0 Å². The van der Waals surface area contributed by atoms with Crippen LogP contribution in [0.25, 0.3) is 0 Å². The lowest BCUT2D eigenvalue weighted by Gasteiger charge is -2.39. The van der Waals surface area contributed by atoms with Crippen LogP contribution in [0.15, 0.2) is 0 Å². The number of ether oxygens (including phenoxy) is 2. The van der Waals surface area contributed by atoms with E-state index < -0.39 is 0 Å². The molecule has 0 aromatic rings. The average Bonchev–Trinajstić information content (AvgIpc) is 2.37. The minimum atomic E-state index is 0.0589. The lowest BCUT2D eigenvalue weighted by atomic mass is 9.95. The van der Waals surface area contributed by atoms with E-state index in [0.29, 0.717) is 6.10 Å². The predicted octanol–water partition coefficient (Wildman–Crippen LogP) is 1.89. The molecule has 0 bridgehead atoms. The van der Waals surface area contributed by atoms with Crippen LogP contribution in [0.4, 0.5) is 0 Å². The van der Waals surface area contributed by atoms with Crippen LogP contribution in [0.1, 0.15) is 40.0 Å². The maximum Gasteiger partial charge on any atom is 0.0777 e. The first kappa shape index (κ1) is 16.9. The molecule has 1 atom stereocenters. The van der Waals surface area contributed by atoms with Gasteiger partial charge >= 0.3 is 0 Å². The van der Waals surface area contributed by atoms with E-state index in [-0.39, 0.29) is 5.60 Å². The SMILES string of the molecule is COC1(C)CCCN(CCNCCCOC(C)C)C1. The number of rotatable bonds is 9. The second kappa shape index (κ2) is 8.90. The Morgan fingerprint density at radius 1 is 1.32 bits per heavy atom. The summed E-state index contributed by atoms with van der Waals surface area (Å²) < 4.78 is 11.1. The lowest BCUT2D eigenvalue weighted by Crippen LogP contribution is -2.49. The molecule has 4 heteroatoms. The molecule has 0 amide bonds. The van der Waals surface area contributed by atoms with Crippen molar-refractivity contribution in [1.82, 2.24) is 10.2 Å². The molecule has 1 heterocycles. The minimum Gasteiger partial charge on any atom is -0.379 e. The Morgan fingerprint density at radius 3 is 2.79 bits per heavy atom. The summed E-state index contributed by atoms with van der Waals surface area (Å²) in [6, 6.07) is 0. The molecule has 1 aliphatic rings. The molecule has 1 fully saturated rings. The molecular formula is C15H32N2O2. The summed E-state index contributed by atoms with van der Waals surface area (Å²) in [7, 11) is 1.83. The van der Waals surface area contributed by atoms with Gasteiger partial charge in [0.25, 0.3) is 0 Å². The predicted molar refractivity (Wildman–Crippen MR) is 79.7 cm³/mol. The Hall–Kier alpha value is -0.160. The monoisotopic (exact) mass is 272 g/mol. The molecule has 114 valence electrons. The standard InChI is InChI=1S/C15H32N2O2/c1-14(2)19-12-6-8-16-9-11-17-10-5-7-15(3,13-17)18-4/h14,16H,5-13H2,1-4H3. The van der Waals surface area contributed by atoms with Gasteiger partial charge in [-0.2, -0.15) is 0 Å². The average molecular weight is 272 g/mol. The van der Waals surface area contributed by atoms with Crippen LogP contribution in [0.5, 0.6) is 0 Å². The van der Waals surface area contributed by atoms with E-state index in [0.717, 1.165) is 39.2 Å². The van der Waals surface area contributed by atoms with Gasteiger partial charge in [-0.3, -0.25) is 4.90 Å². The molecule has 1 unspecified atom stereocenters. The Balaban J connectivity index is 2.00. The van der Waals surface area contributed by atoms with Crippen molar-refractivity contribution in [2.45, 2.75) is 51.7 Å². The highest BCUT2D eigenvalue weighted by molar-refractivity contribution is 4.84. The molecule has 4 nitrogen and oxygen atoms in total. The van der Waals surface area contributed by atoms with Crippen molar-refractivity contribution in [3.63, 3.8) is 0 Å². The fourth-order valence-electron chi connectivity index (χ4n) is 2.54. The Labute approximate surface area is 118 Å². The third kappa shape index (κ3) is 7.25. The molecule has 0 aromatic carbocycles. The van der Waals surface area contributed by atoms with Crippen LogP contribution in [0.3, 0.4) is 0 Å². The van der Waals surface area contributed by atoms with E-state index in [2.05, 4.69) is 31.0 Å². The fraction of sp³-hybridized carbons (Fsp3) is 1.00. The second-order valence-corrected chi connectivity index (χ2v) is 6.06. The topological polar surface area (TPSA) is 33.7 Å². The fourth-order valence-corrected chi connectivity index (χ4v) is 2.54. The zero-order valence-electron chi connectivity index (χ0n) is 13.2. The van der Waals surface area contributed by atoms with Gasteiger partial charge in [0, 0.05) is 33.4 Å². The number of hydrogen-bond donors (Lipinski definition) is 1. The van der Waals surface area contributed by atoms with E-state index in [1.54, 1.807) is 0 Å². The van der Waals surface area contributed by atoms with E-state index in [9.17, 15) is 0 Å². The van der Waals surface area contributed by atoms with Crippen LogP contribution in [0.2, 0.25) is 0 Å². The van der Waals surface area contributed by atoms with Gasteiger partial charge in [0.1, 0.15) is 0 Å². The van der Waals surface area contributed by atoms with Gasteiger partial charge < -0.3 is 14.8 Å². The van der Waals surface area contributed by atoms with Crippen LogP contribution in [-0.4, -0.2) is 63.0 Å². The first-order chi connectivity index (χ1) is 9.06. The van der Waals surface area contributed by atoms with Crippen molar-refractivity contribution in [1.29, 1.82) is 0 Å². The maximum absolute atomic E-state index is 5.61. The van der Waals surface area contributed by atoms with Crippen molar-refractivity contribution in [2.75, 3.05) is 46.4 Å². The largest absolute Gasteiger partial charge is 0.379 e. The number of nitrogens with one attached hydrogen (secondary N) is 1. The quantitative estimate of drug-likeness (QED) is 0.650. The van der Waals surface area contributed by atoms with Gasteiger partial charge in [-0.15, -0.1) is 0 Å². The van der Waals surface area contributed by atoms with Crippen LogP contribution in [0, 0.1) is 0 Å². The summed E-state index contributed by atoms with van der Waals surface area (Å²) in [5.41, 5.74) is 0.0589. The molecule has 1 rings (SSSR count). The summed E-state index contributed by atoms with van der Waals surface area (Å²) in [6.45, 7) is 12.7. The molecular weight excluding hydrogens is 240 g/mol. The smallest absolute Gasteiger partial charge is 0.0777 e. The van der Waals surface area contributed by atoms with Gasteiger partial charge in [0.05, 0.1) is 11.7 Å². The highest BCUT2D eigenvalue weighted by atomic mass is 16.5. The normalized spacial score (nSPS) is 25.1. The zero-order valence-corrected chi connectivity index (χ0v) is 13.2. The van der Waals surface area contributed by atoms with E-state index in [1.165, 1.54) is 19.4 Å². The molecule has 0 spiro atoms. The van der Waals surface area contributed by atoms with Gasteiger partial charge in [0.2, 0.25) is 0 Å². The molecule has 0 aliphatic carbocycles. The maximum atomic E-state index is 5.61. The van der Waals surface area contributed by atoms with Gasteiger partial charge in [-0.1, -0.05) is 0 Å². The Morgan fingerprint density at radius 2 is 2.11 bits per heavy atom. The first-order valence-electron chi connectivity index (χ1n) is 7.65. The Kier molecular flexibility index (Phi) is 7.91. The minimum absolute atomic E-state index is 0.0589. The summed E-state index contributed by atoms with van der Waals surface area (Å²) in [6.07, 6.45) is 3.86. The highest BCUT2D eigenvalue weighted by Gasteiger charge is 2.30. The van der Waals surface area contributed by atoms with E-state index >= 15 is 0 Å². The zero-order chi connectivity index (χ0) is 14.1. The molecule has 0 saturated carbocycles. The summed E-state index contributed by atoms with van der Waals surface area (Å²) in [5.74, 6) is 0. The number of nitrogens with zero attached hydrogens (tertiary/aromatic N) is 1.